The topological polar surface area (TPSA) is 53.4 Å². The van der Waals surface area contributed by atoms with E-state index < -0.39 is 53.9 Å². The molecular formula is C9H6CuF7NO2. The van der Waals surface area contributed by atoms with Gasteiger partial charge in [-0.25, -0.2) is 8.78 Å². The molecular weight excluding hydrogens is 351 g/mol. The normalized spacial score (nSPS) is 14.7. The van der Waals surface area contributed by atoms with E-state index in [1.165, 1.54) is 0 Å². The first-order chi connectivity index (χ1) is 8.55. The molecule has 119 valence electrons. The van der Waals surface area contributed by atoms with Crippen LogP contribution in [0.25, 0.3) is 0 Å². The molecule has 2 N–H and O–H groups in total. The minimum Gasteiger partial charge on any atom is -0.388 e. The number of alkyl halides is 3. The van der Waals surface area contributed by atoms with Crippen molar-refractivity contribution in [1.82, 2.24) is 4.98 Å². The van der Waals surface area contributed by atoms with Gasteiger partial charge >= 0.3 is 6.18 Å². The van der Waals surface area contributed by atoms with Crippen molar-refractivity contribution in [2.24, 2.45) is 0 Å². The summed E-state index contributed by atoms with van der Waals surface area (Å²) >= 11 is 0. The van der Waals surface area contributed by atoms with Crippen molar-refractivity contribution in [3.05, 3.63) is 29.1 Å². The van der Waals surface area contributed by atoms with Crippen LogP contribution in [0, 0.1) is 23.5 Å². The summed E-state index contributed by atoms with van der Waals surface area (Å²) in [5.74, 6) is -8.48. The summed E-state index contributed by atoms with van der Waals surface area (Å²) < 4.78 is 87.4. The van der Waals surface area contributed by atoms with Crippen LogP contribution < -0.4 is 0 Å². The maximum Gasteiger partial charge on any atom is 0.414 e. The molecule has 0 bridgehead atoms. The molecule has 1 rings (SSSR count). The second-order valence-electron chi connectivity index (χ2n) is 3.54. The minimum absolute atomic E-state index is 0. The van der Waals surface area contributed by atoms with Gasteiger partial charge in [0.2, 0.25) is 0 Å². The van der Waals surface area contributed by atoms with Crippen LogP contribution in [0.4, 0.5) is 30.7 Å². The quantitative estimate of drug-likeness (QED) is 0.495. The van der Waals surface area contributed by atoms with Crippen molar-refractivity contribution in [3.63, 3.8) is 0 Å². The Morgan fingerprint density at radius 3 is 1.70 bits per heavy atom. The molecule has 3 nitrogen and oxygen atoms in total. The van der Waals surface area contributed by atoms with E-state index in [0.29, 0.717) is 0 Å². The van der Waals surface area contributed by atoms with Crippen LogP contribution in [0.3, 0.4) is 0 Å². The Morgan fingerprint density at radius 2 is 1.35 bits per heavy atom. The molecule has 0 fully saturated rings. The predicted molar refractivity (Wildman–Crippen MR) is 45.7 cm³/mol. The molecule has 2 atom stereocenters. The zero-order valence-corrected chi connectivity index (χ0v) is 10.1. The second kappa shape index (κ2) is 6.70. The number of halogens is 7. The van der Waals surface area contributed by atoms with E-state index in [-0.39, 0.29) is 17.1 Å². The van der Waals surface area contributed by atoms with Crippen LogP contribution in [0.2, 0.25) is 0 Å². The molecule has 0 aromatic carbocycles. The third-order valence-corrected chi connectivity index (χ3v) is 2.19. The maximum absolute atomic E-state index is 13.1. The molecule has 1 radical (unpaired) electrons. The number of aliphatic hydroxyl groups is 2. The Bertz CT molecular complexity index is 456. The number of hydrogen-bond acceptors (Lipinski definition) is 3. The molecule has 11 heteroatoms. The van der Waals surface area contributed by atoms with Gasteiger partial charge in [0.25, 0.3) is 11.9 Å². The van der Waals surface area contributed by atoms with Crippen molar-refractivity contribution >= 4 is 0 Å². The van der Waals surface area contributed by atoms with E-state index in [9.17, 15) is 30.7 Å². The summed E-state index contributed by atoms with van der Waals surface area (Å²) in [4.78, 5) is 2.16. The number of pyridine rings is 1. The van der Waals surface area contributed by atoms with Gasteiger partial charge in [0.15, 0.2) is 17.7 Å². The van der Waals surface area contributed by atoms with Gasteiger partial charge in [-0.05, 0) is 0 Å². The van der Waals surface area contributed by atoms with Crippen LogP contribution in [0.1, 0.15) is 18.1 Å². The van der Waals surface area contributed by atoms with E-state index >= 15 is 0 Å². The molecule has 20 heavy (non-hydrogen) atoms. The summed E-state index contributed by atoms with van der Waals surface area (Å²) in [6, 6.07) is 0. The molecule has 0 amide bonds. The molecule has 1 aromatic heterocycles. The number of nitrogens with zero attached hydrogens (tertiary/aromatic N) is 1. The largest absolute Gasteiger partial charge is 0.414 e. The third-order valence-electron chi connectivity index (χ3n) is 2.19. The van der Waals surface area contributed by atoms with Gasteiger partial charge in [-0.1, -0.05) is 0 Å². The van der Waals surface area contributed by atoms with E-state index in [0.717, 1.165) is 0 Å². The fraction of sp³-hybridized carbons (Fsp3) is 0.444. The SMILES string of the molecule is OC(CC(O)C(F)(F)F)c1c(F)c(F)nc(F)c1F.[Cu]. The van der Waals surface area contributed by atoms with E-state index in [2.05, 4.69) is 4.98 Å². The van der Waals surface area contributed by atoms with Gasteiger partial charge in [-0.2, -0.15) is 26.9 Å². The molecule has 0 spiro atoms. The first-order valence-corrected chi connectivity index (χ1v) is 4.68. The Balaban J connectivity index is 0.00000361. The van der Waals surface area contributed by atoms with Crippen molar-refractivity contribution in [2.45, 2.75) is 24.8 Å². The Kier molecular flexibility index (Phi) is 6.40. The van der Waals surface area contributed by atoms with Crippen LogP contribution in [0.5, 0.6) is 0 Å². The molecule has 0 aliphatic heterocycles. The van der Waals surface area contributed by atoms with Crippen LogP contribution in [-0.4, -0.2) is 27.5 Å². The van der Waals surface area contributed by atoms with Gasteiger partial charge in [0.1, 0.15) is 0 Å². The number of hydrogen-bond donors (Lipinski definition) is 2. The zero-order chi connectivity index (χ0) is 15.0. The summed E-state index contributed by atoms with van der Waals surface area (Å²) in [7, 11) is 0. The van der Waals surface area contributed by atoms with Crippen LogP contribution >= 0.6 is 0 Å². The monoisotopic (exact) mass is 356 g/mol. The van der Waals surface area contributed by atoms with E-state index in [4.69, 9.17) is 10.2 Å². The maximum atomic E-state index is 13.1. The first kappa shape index (κ1) is 19.1. The first-order valence-electron chi connectivity index (χ1n) is 4.68. The molecule has 2 unspecified atom stereocenters. The average molecular weight is 357 g/mol. The zero-order valence-electron chi connectivity index (χ0n) is 9.15. The van der Waals surface area contributed by atoms with Gasteiger partial charge in [0.05, 0.1) is 11.7 Å². The number of aromatic nitrogens is 1. The number of aliphatic hydroxyl groups excluding tert-OH is 2. The van der Waals surface area contributed by atoms with E-state index in [1.54, 1.807) is 0 Å². The van der Waals surface area contributed by atoms with Crippen molar-refractivity contribution < 1.29 is 58.0 Å². The van der Waals surface area contributed by atoms with E-state index in [1.807, 2.05) is 0 Å². The average Bonchev–Trinajstić information content (AvgIpc) is 2.25. The molecule has 1 aromatic rings. The Hall–Kier alpha value is -0.901. The standard InChI is InChI=1S/C9H6F7NO2.Cu/c10-5-4(6(11)8(13)17-7(5)12)2(18)1-3(19)9(14,15)16;/h2-3,18-19H,1H2;. The third kappa shape index (κ3) is 4.05. The molecule has 1 heterocycles. The predicted octanol–water partition coefficient (Wildman–Crippen LogP) is 1.98. The number of rotatable bonds is 3. The smallest absolute Gasteiger partial charge is 0.388 e. The fourth-order valence-corrected chi connectivity index (χ4v) is 1.26. The van der Waals surface area contributed by atoms with Gasteiger partial charge in [-0.15, -0.1) is 0 Å². The van der Waals surface area contributed by atoms with Crippen molar-refractivity contribution in [1.29, 1.82) is 0 Å². The van der Waals surface area contributed by atoms with Gasteiger partial charge in [0, 0.05) is 23.5 Å². The van der Waals surface area contributed by atoms with Crippen molar-refractivity contribution in [3.8, 4) is 0 Å². The van der Waals surface area contributed by atoms with Crippen molar-refractivity contribution in [2.75, 3.05) is 0 Å². The summed E-state index contributed by atoms with van der Waals surface area (Å²) in [5.41, 5.74) is -1.66. The molecule has 0 aliphatic rings. The second-order valence-corrected chi connectivity index (χ2v) is 3.54. The minimum atomic E-state index is -5.15. The Morgan fingerprint density at radius 1 is 0.950 bits per heavy atom. The summed E-state index contributed by atoms with van der Waals surface area (Å²) in [6.07, 6.45) is -12.4. The van der Waals surface area contributed by atoms with Crippen LogP contribution in [-0.2, 0) is 17.1 Å². The van der Waals surface area contributed by atoms with Gasteiger partial charge < -0.3 is 10.2 Å². The van der Waals surface area contributed by atoms with Gasteiger partial charge in [-0.3, -0.25) is 0 Å². The molecule has 0 saturated heterocycles. The Labute approximate surface area is 117 Å². The van der Waals surface area contributed by atoms with Crippen LogP contribution in [0.15, 0.2) is 0 Å². The summed E-state index contributed by atoms with van der Waals surface area (Å²) in [6.45, 7) is 0. The summed E-state index contributed by atoms with van der Waals surface area (Å²) in [5, 5.41) is 17.8. The molecule has 0 saturated carbocycles. The fourth-order valence-electron chi connectivity index (χ4n) is 1.26. The molecule has 0 aliphatic carbocycles.